The number of H-pyrrole nitrogens is 1. The van der Waals surface area contributed by atoms with Gasteiger partial charge in [-0.2, -0.15) is 0 Å². The fourth-order valence-corrected chi connectivity index (χ4v) is 3.50. The third-order valence-corrected chi connectivity index (χ3v) is 4.79. The molecule has 0 spiro atoms. The molecule has 0 radical (unpaired) electrons. The van der Waals surface area contributed by atoms with Gasteiger partial charge < -0.3 is 10.3 Å². The number of para-hydroxylation sites is 1. The minimum atomic E-state index is -0.463. The first-order chi connectivity index (χ1) is 12.6. The number of rotatable bonds is 5. The lowest BCUT2D eigenvalue weighted by Gasteiger charge is -2.14. The molecule has 1 atom stereocenters. The number of aromatic amines is 1. The van der Waals surface area contributed by atoms with Crippen molar-refractivity contribution in [2.75, 3.05) is 11.4 Å². The van der Waals surface area contributed by atoms with E-state index >= 15 is 0 Å². The van der Waals surface area contributed by atoms with Crippen molar-refractivity contribution in [3.05, 3.63) is 66.1 Å². The molecular formula is C20H19FN3O2+. The second kappa shape index (κ2) is 6.72. The molecule has 1 aromatic heterocycles. The van der Waals surface area contributed by atoms with Gasteiger partial charge in [0, 0.05) is 23.5 Å². The van der Waals surface area contributed by atoms with Gasteiger partial charge in [-0.3, -0.25) is 9.59 Å². The van der Waals surface area contributed by atoms with E-state index in [1.165, 1.54) is 29.1 Å². The predicted molar refractivity (Wildman–Crippen MR) is 96.1 cm³/mol. The van der Waals surface area contributed by atoms with Crippen LogP contribution in [-0.4, -0.2) is 29.4 Å². The molecule has 6 heteroatoms. The molecule has 2 aromatic carbocycles. The van der Waals surface area contributed by atoms with Gasteiger partial charge in [-0.05, 0) is 29.8 Å². The summed E-state index contributed by atoms with van der Waals surface area (Å²) in [7, 11) is 0. The Kier molecular flexibility index (Phi) is 4.26. The number of benzene rings is 2. The monoisotopic (exact) mass is 352 g/mol. The number of amides is 2. The Morgan fingerprint density at radius 3 is 2.85 bits per heavy atom. The van der Waals surface area contributed by atoms with Crippen LogP contribution >= 0.6 is 0 Å². The Hall–Kier alpha value is -2.99. The van der Waals surface area contributed by atoms with Crippen LogP contribution in [0.3, 0.4) is 0 Å². The highest BCUT2D eigenvalue weighted by Crippen LogP contribution is 2.22. The molecule has 2 amide bonds. The molecule has 1 saturated heterocycles. The van der Waals surface area contributed by atoms with Gasteiger partial charge in [0.2, 0.25) is 5.91 Å². The summed E-state index contributed by atoms with van der Waals surface area (Å²) >= 11 is 0. The van der Waals surface area contributed by atoms with Gasteiger partial charge in [0.05, 0.1) is 18.7 Å². The average molecular weight is 352 g/mol. The minimum absolute atomic E-state index is 0.142. The van der Waals surface area contributed by atoms with E-state index in [2.05, 4.69) is 11.1 Å². The largest absolute Gasteiger partial charge is 0.361 e. The van der Waals surface area contributed by atoms with Crippen LogP contribution < -0.4 is 10.2 Å². The van der Waals surface area contributed by atoms with E-state index < -0.39 is 11.9 Å². The molecule has 0 bridgehead atoms. The third-order valence-electron chi connectivity index (χ3n) is 4.79. The van der Waals surface area contributed by atoms with Crippen LogP contribution in [0.4, 0.5) is 10.1 Å². The number of nitrogens with zero attached hydrogens (tertiary/aromatic N) is 1. The zero-order chi connectivity index (χ0) is 18.1. The van der Waals surface area contributed by atoms with Gasteiger partial charge in [-0.1, -0.05) is 24.3 Å². The number of carbonyl (C=O) groups excluding carboxylic acids is 2. The first-order valence-electron chi connectivity index (χ1n) is 8.64. The molecule has 3 aromatic rings. The lowest BCUT2D eigenvalue weighted by molar-refractivity contribution is -0.674. The molecule has 0 unspecified atom stereocenters. The maximum atomic E-state index is 13.4. The van der Waals surface area contributed by atoms with Crippen molar-refractivity contribution in [1.82, 2.24) is 4.98 Å². The topological polar surface area (TPSA) is 69.8 Å². The first-order valence-corrected chi connectivity index (χ1v) is 8.64. The Morgan fingerprint density at radius 1 is 1.15 bits per heavy atom. The maximum Gasteiger partial charge on any atom is 0.292 e. The van der Waals surface area contributed by atoms with E-state index in [0.29, 0.717) is 12.2 Å². The lowest BCUT2D eigenvalue weighted by Crippen LogP contribution is -2.92. The molecular weight excluding hydrogens is 333 g/mol. The summed E-state index contributed by atoms with van der Waals surface area (Å²) in [5.74, 6) is -1.02. The molecule has 5 nitrogen and oxygen atoms in total. The molecule has 4 rings (SSSR count). The molecule has 0 aliphatic carbocycles. The molecule has 1 fully saturated rings. The van der Waals surface area contributed by atoms with Crippen molar-refractivity contribution in [1.29, 1.82) is 0 Å². The van der Waals surface area contributed by atoms with Gasteiger partial charge in [-0.25, -0.2) is 9.29 Å². The van der Waals surface area contributed by atoms with Crippen LogP contribution in [0.2, 0.25) is 0 Å². The maximum absolute atomic E-state index is 13.4. The first kappa shape index (κ1) is 16.5. The number of anilines is 1. The predicted octanol–water partition coefficient (Wildman–Crippen LogP) is 1.75. The van der Waals surface area contributed by atoms with Crippen molar-refractivity contribution >= 4 is 28.4 Å². The summed E-state index contributed by atoms with van der Waals surface area (Å²) in [6, 6.07) is 13.2. The number of imide groups is 1. The van der Waals surface area contributed by atoms with Crippen LogP contribution in [0.25, 0.3) is 10.9 Å². The quantitative estimate of drug-likeness (QED) is 0.687. The van der Waals surface area contributed by atoms with Crippen LogP contribution in [0.1, 0.15) is 12.0 Å². The molecule has 26 heavy (non-hydrogen) atoms. The SMILES string of the molecule is O=C1C[C@@H]([NH2+]CCc2c[nH]c3ccccc23)C(=O)N1c1cccc(F)c1. The third kappa shape index (κ3) is 2.99. The Morgan fingerprint density at radius 2 is 2.00 bits per heavy atom. The zero-order valence-electron chi connectivity index (χ0n) is 14.1. The van der Waals surface area contributed by atoms with Gasteiger partial charge >= 0.3 is 0 Å². The summed E-state index contributed by atoms with van der Waals surface area (Å²) in [6.07, 6.45) is 2.92. The van der Waals surface area contributed by atoms with E-state index in [1.54, 1.807) is 6.07 Å². The second-order valence-electron chi connectivity index (χ2n) is 6.49. The highest BCUT2D eigenvalue weighted by Gasteiger charge is 2.42. The van der Waals surface area contributed by atoms with Gasteiger partial charge in [0.1, 0.15) is 5.82 Å². The molecule has 2 heterocycles. The number of carbonyl (C=O) groups is 2. The van der Waals surface area contributed by atoms with Gasteiger partial charge in [0.15, 0.2) is 6.04 Å². The second-order valence-corrected chi connectivity index (χ2v) is 6.49. The van der Waals surface area contributed by atoms with Crippen LogP contribution in [0.5, 0.6) is 0 Å². The number of nitrogens with two attached hydrogens (primary N) is 1. The van der Waals surface area contributed by atoms with Crippen LogP contribution in [-0.2, 0) is 16.0 Å². The molecule has 3 N–H and O–H groups in total. The normalized spacial score (nSPS) is 17.4. The van der Waals surface area contributed by atoms with E-state index in [0.717, 1.165) is 16.8 Å². The fourth-order valence-electron chi connectivity index (χ4n) is 3.50. The molecule has 0 saturated carbocycles. The van der Waals surface area contributed by atoms with Crippen molar-refractivity contribution in [3.8, 4) is 0 Å². The van der Waals surface area contributed by atoms with Gasteiger partial charge in [-0.15, -0.1) is 0 Å². The summed E-state index contributed by atoms with van der Waals surface area (Å²) in [5, 5.41) is 3.08. The molecule has 132 valence electrons. The number of nitrogens with one attached hydrogen (secondary N) is 1. The zero-order valence-corrected chi connectivity index (χ0v) is 14.1. The number of quaternary nitrogens is 1. The highest BCUT2D eigenvalue weighted by atomic mass is 19.1. The number of halogens is 1. The summed E-state index contributed by atoms with van der Waals surface area (Å²) in [5.41, 5.74) is 2.58. The van der Waals surface area contributed by atoms with Crippen molar-refractivity contribution in [2.45, 2.75) is 18.9 Å². The standard InChI is InChI=1S/C20H18FN3O2/c21-14-4-3-5-15(10-14)24-19(25)11-18(20(24)26)22-9-8-13-12-23-17-7-2-1-6-16(13)17/h1-7,10,12,18,22-23H,8-9,11H2/p+1/t18-/m1/s1. The van der Waals surface area contributed by atoms with Crippen molar-refractivity contribution in [3.63, 3.8) is 0 Å². The fraction of sp³-hybridized carbons (Fsp3) is 0.200. The van der Waals surface area contributed by atoms with Crippen LogP contribution in [0.15, 0.2) is 54.7 Å². The summed E-state index contributed by atoms with van der Waals surface area (Å²) in [4.78, 5) is 29.1. The number of hydrogen-bond acceptors (Lipinski definition) is 2. The minimum Gasteiger partial charge on any atom is -0.361 e. The average Bonchev–Trinajstić information content (AvgIpc) is 3.16. The van der Waals surface area contributed by atoms with Crippen molar-refractivity contribution in [2.24, 2.45) is 0 Å². The smallest absolute Gasteiger partial charge is 0.292 e. The van der Waals surface area contributed by atoms with Crippen LogP contribution in [0, 0.1) is 5.82 Å². The number of aromatic nitrogens is 1. The van der Waals surface area contributed by atoms with E-state index in [-0.39, 0.29) is 18.2 Å². The molecule has 1 aliphatic heterocycles. The van der Waals surface area contributed by atoms with E-state index in [4.69, 9.17) is 0 Å². The number of fused-ring (bicyclic) bond motifs is 1. The Balaban J connectivity index is 1.41. The Labute approximate surface area is 149 Å². The number of hydrogen-bond donors (Lipinski definition) is 2. The Bertz CT molecular complexity index is 982. The van der Waals surface area contributed by atoms with E-state index in [1.807, 2.05) is 29.7 Å². The lowest BCUT2D eigenvalue weighted by atomic mass is 10.1. The molecule has 1 aliphatic rings. The van der Waals surface area contributed by atoms with Gasteiger partial charge in [0.25, 0.3) is 5.91 Å². The highest BCUT2D eigenvalue weighted by molar-refractivity contribution is 6.21. The van der Waals surface area contributed by atoms with E-state index in [9.17, 15) is 14.0 Å². The summed E-state index contributed by atoms with van der Waals surface area (Å²) < 4.78 is 13.4. The summed E-state index contributed by atoms with van der Waals surface area (Å²) in [6.45, 7) is 0.697. The van der Waals surface area contributed by atoms with Crippen molar-refractivity contribution < 1.29 is 19.3 Å².